The first kappa shape index (κ1) is 25.2. The molecule has 0 saturated carbocycles. The summed E-state index contributed by atoms with van der Waals surface area (Å²) in [6.45, 7) is -1.39. The third kappa shape index (κ3) is 3.39. The topological polar surface area (TPSA) is 124 Å². The van der Waals surface area contributed by atoms with Gasteiger partial charge in [-0.2, -0.15) is 0 Å². The second-order valence-corrected chi connectivity index (χ2v) is 10.8. The van der Waals surface area contributed by atoms with Crippen molar-refractivity contribution in [2.75, 3.05) is 13.2 Å². The molecule has 11 heteroatoms. The highest BCUT2D eigenvalue weighted by molar-refractivity contribution is 6.36. The van der Waals surface area contributed by atoms with Crippen molar-refractivity contribution < 1.29 is 28.8 Å². The van der Waals surface area contributed by atoms with E-state index in [1.165, 1.54) is 12.1 Å². The summed E-state index contributed by atoms with van der Waals surface area (Å²) in [7, 11) is 0. The van der Waals surface area contributed by atoms with Gasteiger partial charge in [-0.25, -0.2) is 0 Å². The van der Waals surface area contributed by atoms with Crippen molar-refractivity contribution >= 4 is 52.5 Å². The Bertz CT molecular complexity index is 1480. The molecule has 0 N–H and O–H groups in total. The Morgan fingerprint density at radius 3 is 1.67 bits per heavy atom. The Morgan fingerprint density at radius 2 is 1.26 bits per heavy atom. The number of nitrogens with zero attached hydrogens (tertiary/aromatic N) is 2. The van der Waals surface area contributed by atoms with Crippen molar-refractivity contribution in [2.45, 2.75) is 9.75 Å². The number of imide groups is 1. The quantitative estimate of drug-likeness (QED) is 0.111. The first-order valence-corrected chi connectivity index (χ1v) is 12.7. The third-order valence-electron chi connectivity index (χ3n) is 7.73. The molecule has 1 saturated heterocycles. The molecule has 2 amide bonds. The van der Waals surface area contributed by atoms with Crippen molar-refractivity contribution in [1.82, 2.24) is 4.90 Å². The maximum Gasteiger partial charge on any atom is 0.326 e. The monoisotopic (exact) mass is 564 g/mol. The summed E-state index contributed by atoms with van der Waals surface area (Å²) >= 11 is 14.6. The van der Waals surface area contributed by atoms with Crippen LogP contribution in [-0.4, -0.2) is 46.5 Å². The number of esters is 1. The summed E-state index contributed by atoms with van der Waals surface area (Å²) < 4.78 is 5.06. The number of nitro benzene ring substituents is 1. The van der Waals surface area contributed by atoms with Gasteiger partial charge in [0, 0.05) is 17.7 Å². The summed E-state index contributed by atoms with van der Waals surface area (Å²) in [6, 6.07) is 19.2. The number of carbonyl (C=O) groups is 4. The molecule has 3 aliphatic carbocycles. The van der Waals surface area contributed by atoms with Crippen LogP contribution in [0.2, 0.25) is 0 Å². The van der Waals surface area contributed by atoms with Gasteiger partial charge in [0.05, 0.1) is 16.8 Å². The molecule has 0 radical (unpaired) electrons. The van der Waals surface area contributed by atoms with Crippen LogP contribution >= 0.6 is 23.2 Å². The second-order valence-electron chi connectivity index (χ2n) is 9.62. The molecule has 9 nitrogen and oxygen atoms in total. The zero-order valence-electron chi connectivity index (χ0n) is 20.0. The van der Waals surface area contributed by atoms with Crippen LogP contribution in [0.4, 0.5) is 5.69 Å². The number of hydrogen-bond donors (Lipinski definition) is 0. The molecule has 39 heavy (non-hydrogen) atoms. The van der Waals surface area contributed by atoms with Crippen molar-refractivity contribution in [3.8, 4) is 0 Å². The van der Waals surface area contributed by atoms with Crippen LogP contribution in [-0.2, 0) is 28.9 Å². The number of ether oxygens (including phenoxy) is 1. The van der Waals surface area contributed by atoms with E-state index >= 15 is 0 Å². The Labute approximate surface area is 231 Å². The van der Waals surface area contributed by atoms with E-state index < -0.39 is 63.2 Å². The molecule has 196 valence electrons. The Hall–Kier alpha value is -4.08. The first-order chi connectivity index (χ1) is 18.6. The maximum absolute atomic E-state index is 13.7. The van der Waals surface area contributed by atoms with Gasteiger partial charge in [-0.1, -0.05) is 48.5 Å². The van der Waals surface area contributed by atoms with Crippen molar-refractivity contribution in [3.05, 3.63) is 111 Å². The van der Waals surface area contributed by atoms with Crippen molar-refractivity contribution in [2.24, 2.45) is 11.8 Å². The van der Waals surface area contributed by atoms with Crippen LogP contribution < -0.4 is 0 Å². The SMILES string of the molecule is O=C(CN1C(=O)[C@@H]2[C@@H](C1=O)C1(Cl)c3ccccc3C2(Cl)c2ccccc21)OCC(=O)c1ccc([N+](=O)[O-])cc1. The number of likely N-dealkylation sites (tertiary alicyclic amines) is 1. The molecule has 1 fully saturated rings. The molecule has 0 aromatic heterocycles. The molecule has 1 aliphatic heterocycles. The van der Waals surface area contributed by atoms with Gasteiger partial charge < -0.3 is 4.74 Å². The highest BCUT2D eigenvalue weighted by atomic mass is 35.5. The number of amides is 2. The molecule has 7 rings (SSSR count). The van der Waals surface area contributed by atoms with Gasteiger partial charge in [-0.15, -0.1) is 23.2 Å². The zero-order valence-corrected chi connectivity index (χ0v) is 21.5. The largest absolute Gasteiger partial charge is 0.456 e. The van der Waals surface area contributed by atoms with E-state index in [0.717, 1.165) is 17.0 Å². The summed E-state index contributed by atoms with van der Waals surface area (Å²) in [4.78, 5) is 60.8. The fourth-order valence-electron chi connectivity index (χ4n) is 6.05. The highest BCUT2D eigenvalue weighted by Crippen LogP contribution is 2.69. The van der Waals surface area contributed by atoms with Crippen LogP contribution in [0.25, 0.3) is 0 Å². The number of hydrogen-bond acceptors (Lipinski definition) is 7. The van der Waals surface area contributed by atoms with E-state index in [-0.39, 0.29) is 11.3 Å². The minimum atomic E-state index is -1.37. The minimum absolute atomic E-state index is 0.105. The average Bonchev–Trinajstić information content (AvgIpc) is 3.20. The molecular weight excluding hydrogens is 547 g/mol. The fourth-order valence-corrected chi connectivity index (χ4v) is 7.15. The van der Waals surface area contributed by atoms with Gasteiger partial charge in [0.1, 0.15) is 16.3 Å². The number of benzene rings is 3. The van der Waals surface area contributed by atoms with E-state index in [1.54, 1.807) is 48.5 Å². The van der Waals surface area contributed by atoms with Crippen LogP contribution in [0.1, 0.15) is 32.6 Å². The number of ketones is 1. The molecule has 0 unspecified atom stereocenters. The first-order valence-electron chi connectivity index (χ1n) is 12.0. The number of halogens is 2. The number of Topliss-reactive ketones (excluding diaryl/α,β-unsaturated/α-hetero) is 1. The lowest BCUT2D eigenvalue weighted by Gasteiger charge is -2.54. The second kappa shape index (κ2) is 8.72. The van der Waals surface area contributed by atoms with E-state index in [9.17, 15) is 29.3 Å². The van der Waals surface area contributed by atoms with Crippen LogP contribution in [0.3, 0.4) is 0 Å². The average molecular weight is 565 g/mol. The third-order valence-corrected chi connectivity index (χ3v) is 9.01. The van der Waals surface area contributed by atoms with Gasteiger partial charge >= 0.3 is 5.97 Å². The van der Waals surface area contributed by atoms with E-state index in [1.807, 2.05) is 0 Å². The number of non-ortho nitro benzene ring substituents is 1. The number of rotatable bonds is 6. The minimum Gasteiger partial charge on any atom is -0.456 e. The van der Waals surface area contributed by atoms with E-state index in [4.69, 9.17) is 27.9 Å². The molecule has 2 bridgehead atoms. The van der Waals surface area contributed by atoms with E-state index in [2.05, 4.69) is 0 Å². The lowest BCUT2D eigenvalue weighted by atomic mass is 9.54. The Kier molecular flexibility index (Phi) is 5.64. The number of carbonyl (C=O) groups excluding carboxylic acids is 4. The lowest BCUT2D eigenvalue weighted by molar-refractivity contribution is -0.384. The van der Waals surface area contributed by atoms with Crippen LogP contribution in [0.5, 0.6) is 0 Å². The number of alkyl halides is 2. The Balaban J connectivity index is 1.26. The van der Waals surface area contributed by atoms with E-state index in [0.29, 0.717) is 22.3 Å². The molecule has 3 aromatic carbocycles. The normalized spacial score (nSPS) is 26.1. The summed E-state index contributed by atoms with van der Waals surface area (Å²) in [6.07, 6.45) is 0. The van der Waals surface area contributed by atoms with Crippen molar-refractivity contribution in [3.63, 3.8) is 0 Å². The number of nitro groups is 1. The van der Waals surface area contributed by atoms with Gasteiger partial charge in [0.25, 0.3) is 5.69 Å². The highest BCUT2D eigenvalue weighted by Gasteiger charge is 2.73. The molecule has 3 aromatic rings. The van der Waals surface area contributed by atoms with Crippen molar-refractivity contribution in [1.29, 1.82) is 0 Å². The fraction of sp³-hybridized carbons (Fsp3) is 0.214. The molecule has 0 spiro atoms. The van der Waals surface area contributed by atoms with Gasteiger partial charge in [-0.3, -0.25) is 34.2 Å². The predicted molar refractivity (Wildman–Crippen MR) is 138 cm³/mol. The predicted octanol–water partition coefficient (Wildman–Crippen LogP) is 3.91. The lowest BCUT2D eigenvalue weighted by Crippen LogP contribution is -2.57. The van der Waals surface area contributed by atoms with Crippen LogP contribution in [0, 0.1) is 22.0 Å². The standard InChI is InChI=1S/C28H18Cl2N2O7/c29-27-17-5-1-2-6-18(17)28(30,20-8-4-3-7-19(20)27)24-23(27)25(35)31(26(24)36)13-22(34)39-14-21(33)15-9-11-16(12-10-15)32(37)38/h1-12,23-24H,13-14H2/t23-,24-,27?,28?/m0/s1. The van der Waals surface area contributed by atoms with Gasteiger partial charge in [0.2, 0.25) is 11.8 Å². The zero-order chi connectivity index (χ0) is 27.7. The van der Waals surface area contributed by atoms with Gasteiger partial charge in [0.15, 0.2) is 12.4 Å². The molecular formula is C28H18Cl2N2O7. The smallest absolute Gasteiger partial charge is 0.326 e. The molecule has 4 aliphatic rings. The molecule has 1 heterocycles. The molecule has 2 atom stereocenters. The summed E-state index contributed by atoms with van der Waals surface area (Å²) in [5, 5.41) is 10.8. The summed E-state index contributed by atoms with van der Waals surface area (Å²) in [5.41, 5.74) is 2.47. The van der Waals surface area contributed by atoms with Gasteiger partial charge in [-0.05, 0) is 34.4 Å². The van der Waals surface area contributed by atoms with Crippen LogP contribution in [0.15, 0.2) is 72.8 Å². The summed E-state index contributed by atoms with van der Waals surface area (Å²) in [5.74, 6) is -4.97. The Morgan fingerprint density at radius 1 is 0.821 bits per heavy atom. The maximum atomic E-state index is 13.7.